The zero-order valence-corrected chi connectivity index (χ0v) is 12.0. The molecule has 1 aromatic carbocycles. The van der Waals surface area contributed by atoms with E-state index in [1.807, 2.05) is 24.3 Å². The van der Waals surface area contributed by atoms with Crippen molar-refractivity contribution in [1.29, 1.82) is 0 Å². The van der Waals surface area contributed by atoms with E-state index >= 15 is 0 Å². The van der Waals surface area contributed by atoms with Gasteiger partial charge in [-0.1, -0.05) is 11.6 Å². The maximum absolute atomic E-state index is 10.7. The molecule has 0 atom stereocenters. The first-order valence-electron chi connectivity index (χ1n) is 5.53. The summed E-state index contributed by atoms with van der Waals surface area (Å²) in [7, 11) is 1.88. The second-order valence-corrected chi connectivity index (χ2v) is 5.58. The van der Waals surface area contributed by atoms with Crippen molar-refractivity contribution in [3.63, 3.8) is 0 Å². The predicted octanol–water partition coefficient (Wildman–Crippen LogP) is 3.65. The summed E-state index contributed by atoms with van der Waals surface area (Å²) in [6.45, 7) is 2.56. The van der Waals surface area contributed by atoms with Gasteiger partial charge in [-0.3, -0.25) is 10.1 Å². The summed E-state index contributed by atoms with van der Waals surface area (Å²) >= 11 is 7.67. The molecule has 1 aromatic heterocycles. The van der Waals surface area contributed by atoms with E-state index in [0.29, 0.717) is 11.6 Å². The molecular weight excluding hydrogens is 286 g/mol. The van der Waals surface area contributed by atoms with Gasteiger partial charge < -0.3 is 4.90 Å². The summed E-state index contributed by atoms with van der Waals surface area (Å²) in [5, 5.41) is 14.0. The highest BCUT2D eigenvalue weighted by Crippen LogP contribution is 2.29. The van der Waals surface area contributed by atoms with Crippen molar-refractivity contribution in [3.8, 4) is 0 Å². The van der Waals surface area contributed by atoms with E-state index in [9.17, 15) is 10.1 Å². The first-order chi connectivity index (χ1) is 8.97. The van der Waals surface area contributed by atoms with Crippen LogP contribution in [0.1, 0.15) is 10.7 Å². The Morgan fingerprint density at radius 1 is 1.53 bits per heavy atom. The highest BCUT2D eigenvalue weighted by Gasteiger charge is 2.13. The van der Waals surface area contributed by atoms with Crippen LogP contribution in [0.5, 0.6) is 0 Å². The number of hydrogen-bond donors (Lipinski definition) is 0. The molecule has 2 aromatic rings. The zero-order chi connectivity index (χ0) is 14.0. The molecule has 0 aliphatic carbocycles. The first kappa shape index (κ1) is 13.8. The van der Waals surface area contributed by atoms with Crippen LogP contribution in [-0.4, -0.2) is 17.0 Å². The zero-order valence-electron chi connectivity index (χ0n) is 10.5. The molecule has 0 unspecified atom stereocenters. The Balaban J connectivity index is 2.19. The predicted molar refractivity (Wildman–Crippen MR) is 77.1 cm³/mol. The molecular formula is C12H12ClN3O2S. The molecule has 0 radical (unpaired) electrons. The van der Waals surface area contributed by atoms with Crippen LogP contribution < -0.4 is 4.90 Å². The average Bonchev–Trinajstić information content (AvgIpc) is 2.74. The number of hydrogen-bond acceptors (Lipinski definition) is 5. The van der Waals surface area contributed by atoms with Crippen LogP contribution >= 0.6 is 22.9 Å². The number of nitrogens with zero attached hydrogens (tertiary/aromatic N) is 3. The molecule has 0 fully saturated rings. The SMILES string of the molecule is Cc1nc(CN(C)c2ccc([N+](=O)[O-])cc2Cl)cs1. The summed E-state index contributed by atoms with van der Waals surface area (Å²) in [6.07, 6.45) is 0. The van der Waals surface area contributed by atoms with Crippen molar-refractivity contribution >= 4 is 34.3 Å². The number of anilines is 1. The van der Waals surface area contributed by atoms with Crippen LogP contribution in [0.25, 0.3) is 0 Å². The molecule has 0 saturated carbocycles. The molecule has 5 nitrogen and oxygen atoms in total. The number of halogens is 1. The highest BCUT2D eigenvalue weighted by atomic mass is 35.5. The molecule has 0 N–H and O–H groups in total. The largest absolute Gasteiger partial charge is 0.367 e. The standard InChI is InChI=1S/C12H12ClN3O2S/c1-8-14-9(7-19-8)6-15(2)12-4-3-10(16(17)18)5-11(12)13/h3-5,7H,6H2,1-2H3. The van der Waals surface area contributed by atoms with Gasteiger partial charge in [0.1, 0.15) is 0 Å². The van der Waals surface area contributed by atoms with Crippen LogP contribution in [-0.2, 0) is 6.54 Å². The van der Waals surface area contributed by atoms with Gasteiger partial charge in [-0.25, -0.2) is 4.98 Å². The third kappa shape index (κ3) is 3.21. The van der Waals surface area contributed by atoms with E-state index in [0.717, 1.165) is 16.4 Å². The number of benzene rings is 1. The number of thiazole rings is 1. The van der Waals surface area contributed by atoms with E-state index < -0.39 is 4.92 Å². The molecule has 0 saturated heterocycles. The highest BCUT2D eigenvalue weighted by molar-refractivity contribution is 7.09. The molecule has 100 valence electrons. The van der Waals surface area contributed by atoms with Crippen LogP contribution in [0.4, 0.5) is 11.4 Å². The third-order valence-electron chi connectivity index (χ3n) is 2.62. The fourth-order valence-corrected chi connectivity index (χ4v) is 2.65. The van der Waals surface area contributed by atoms with Crippen molar-refractivity contribution in [2.24, 2.45) is 0 Å². The fraction of sp³-hybridized carbons (Fsp3) is 0.250. The van der Waals surface area contributed by atoms with Gasteiger partial charge in [0.2, 0.25) is 0 Å². The Bertz CT molecular complexity index is 615. The number of non-ortho nitro benzene ring substituents is 1. The second kappa shape index (κ2) is 5.54. The van der Waals surface area contributed by atoms with E-state index in [1.165, 1.54) is 12.1 Å². The van der Waals surface area contributed by atoms with Crippen LogP contribution in [0.2, 0.25) is 5.02 Å². The van der Waals surface area contributed by atoms with Gasteiger partial charge in [0.05, 0.1) is 32.9 Å². The summed E-state index contributed by atoms with van der Waals surface area (Å²) in [5.41, 5.74) is 1.70. The molecule has 1 heterocycles. The van der Waals surface area contributed by atoms with Crippen molar-refractivity contribution in [1.82, 2.24) is 4.98 Å². The molecule has 0 amide bonds. The lowest BCUT2D eigenvalue weighted by molar-refractivity contribution is -0.384. The normalized spacial score (nSPS) is 10.5. The Morgan fingerprint density at radius 3 is 2.79 bits per heavy atom. The van der Waals surface area contributed by atoms with E-state index in [2.05, 4.69) is 4.98 Å². The fourth-order valence-electron chi connectivity index (χ4n) is 1.73. The third-order valence-corrected chi connectivity index (χ3v) is 3.74. The van der Waals surface area contributed by atoms with Crippen LogP contribution in [0.3, 0.4) is 0 Å². The molecule has 19 heavy (non-hydrogen) atoms. The Kier molecular flexibility index (Phi) is 4.01. The maximum Gasteiger partial charge on any atom is 0.271 e. The van der Waals surface area contributed by atoms with Gasteiger partial charge in [-0.15, -0.1) is 11.3 Å². The van der Waals surface area contributed by atoms with Crippen molar-refractivity contribution < 1.29 is 4.92 Å². The van der Waals surface area contributed by atoms with Crippen LogP contribution in [0, 0.1) is 17.0 Å². The van der Waals surface area contributed by atoms with E-state index in [-0.39, 0.29) is 5.69 Å². The van der Waals surface area contributed by atoms with Gasteiger partial charge >= 0.3 is 0 Å². The summed E-state index contributed by atoms with van der Waals surface area (Å²) in [5.74, 6) is 0. The Hall–Kier alpha value is -1.66. The Morgan fingerprint density at radius 2 is 2.26 bits per heavy atom. The second-order valence-electron chi connectivity index (χ2n) is 4.11. The monoisotopic (exact) mass is 297 g/mol. The van der Waals surface area contributed by atoms with Crippen molar-refractivity contribution in [3.05, 3.63) is 49.4 Å². The molecule has 0 aliphatic rings. The number of nitro benzene ring substituents is 1. The smallest absolute Gasteiger partial charge is 0.271 e. The lowest BCUT2D eigenvalue weighted by Crippen LogP contribution is -2.17. The number of aromatic nitrogens is 1. The summed E-state index contributed by atoms with van der Waals surface area (Å²) in [6, 6.07) is 4.46. The number of nitro groups is 1. The maximum atomic E-state index is 10.7. The summed E-state index contributed by atoms with van der Waals surface area (Å²) in [4.78, 5) is 16.5. The van der Waals surface area contributed by atoms with Gasteiger partial charge in [0.25, 0.3) is 5.69 Å². The van der Waals surface area contributed by atoms with Gasteiger partial charge in [0.15, 0.2) is 0 Å². The molecule has 0 bridgehead atoms. The first-order valence-corrected chi connectivity index (χ1v) is 6.79. The van der Waals surface area contributed by atoms with Gasteiger partial charge in [-0.05, 0) is 13.0 Å². The molecule has 0 spiro atoms. The molecule has 2 rings (SSSR count). The quantitative estimate of drug-likeness (QED) is 0.638. The number of rotatable bonds is 4. The molecule has 7 heteroatoms. The average molecular weight is 298 g/mol. The number of aryl methyl sites for hydroxylation is 1. The minimum atomic E-state index is -0.459. The van der Waals surface area contributed by atoms with Crippen molar-refractivity contribution in [2.75, 3.05) is 11.9 Å². The minimum absolute atomic E-state index is 0.00773. The van der Waals surface area contributed by atoms with Crippen LogP contribution in [0.15, 0.2) is 23.6 Å². The van der Waals surface area contributed by atoms with E-state index in [1.54, 1.807) is 17.4 Å². The Labute approximate surface area is 119 Å². The van der Waals surface area contributed by atoms with E-state index in [4.69, 9.17) is 11.6 Å². The van der Waals surface area contributed by atoms with Gasteiger partial charge in [0, 0.05) is 24.6 Å². The minimum Gasteiger partial charge on any atom is -0.367 e. The van der Waals surface area contributed by atoms with Gasteiger partial charge in [-0.2, -0.15) is 0 Å². The molecule has 0 aliphatic heterocycles. The lowest BCUT2D eigenvalue weighted by atomic mass is 10.2. The lowest BCUT2D eigenvalue weighted by Gasteiger charge is -2.19. The summed E-state index contributed by atoms with van der Waals surface area (Å²) < 4.78 is 0. The topological polar surface area (TPSA) is 59.3 Å². The van der Waals surface area contributed by atoms with Crippen molar-refractivity contribution in [2.45, 2.75) is 13.5 Å².